The number of halogens is 1. The topological polar surface area (TPSA) is 17.1 Å². The zero-order valence-corrected chi connectivity index (χ0v) is 8.56. The molecule has 1 rings (SSSR count). The molecule has 0 amide bonds. The minimum Gasteiger partial charge on any atom is -0.292 e. The lowest BCUT2D eigenvalue weighted by Gasteiger charge is -2.28. The van der Waals surface area contributed by atoms with Crippen molar-refractivity contribution >= 4 is 5.78 Å². The van der Waals surface area contributed by atoms with E-state index in [0.717, 1.165) is 6.42 Å². The summed E-state index contributed by atoms with van der Waals surface area (Å²) >= 11 is 0. The molecule has 0 bridgehead atoms. The van der Waals surface area contributed by atoms with E-state index >= 15 is 0 Å². The van der Waals surface area contributed by atoms with Gasteiger partial charge in [-0.25, -0.2) is 4.39 Å². The third-order valence-electron chi connectivity index (χ3n) is 2.79. The predicted molar refractivity (Wildman–Crippen MR) is 51.0 cm³/mol. The number of Topliss-reactive ketones (excluding diaryl/α,β-unsaturated/α-hetero) is 1. The van der Waals surface area contributed by atoms with Gasteiger partial charge in [0, 0.05) is 6.42 Å². The smallest absolute Gasteiger partial charge is 0.190 e. The third kappa shape index (κ3) is 2.64. The fraction of sp³-hybridized carbons (Fsp3) is 0.727. The Morgan fingerprint density at radius 2 is 2.08 bits per heavy atom. The van der Waals surface area contributed by atoms with Crippen LogP contribution in [0.4, 0.5) is 4.39 Å². The van der Waals surface area contributed by atoms with Crippen molar-refractivity contribution in [3.8, 4) is 0 Å². The Morgan fingerprint density at radius 1 is 1.46 bits per heavy atom. The van der Waals surface area contributed by atoms with Gasteiger partial charge in [0.25, 0.3) is 0 Å². The Hall–Kier alpha value is -0.660. The van der Waals surface area contributed by atoms with Crippen LogP contribution in [0.2, 0.25) is 0 Å². The molecule has 0 radical (unpaired) electrons. The Morgan fingerprint density at radius 3 is 2.62 bits per heavy atom. The average molecular weight is 184 g/mol. The molecule has 0 fully saturated rings. The fourth-order valence-corrected chi connectivity index (χ4v) is 1.69. The monoisotopic (exact) mass is 184 g/mol. The van der Waals surface area contributed by atoms with Gasteiger partial charge in [0.05, 0.1) is 0 Å². The van der Waals surface area contributed by atoms with Crippen LogP contribution in [0.15, 0.2) is 11.9 Å². The highest BCUT2D eigenvalue weighted by atomic mass is 19.1. The van der Waals surface area contributed by atoms with Crippen molar-refractivity contribution in [3.05, 3.63) is 11.9 Å². The van der Waals surface area contributed by atoms with Gasteiger partial charge in [-0.15, -0.1) is 0 Å². The molecular weight excluding hydrogens is 167 g/mol. The molecule has 2 heteroatoms. The molecular formula is C11H17FO. The molecule has 1 aliphatic carbocycles. The molecule has 0 aromatic rings. The summed E-state index contributed by atoms with van der Waals surface area (Å²) in [5.74, 6) is -0.441. The molecule has 0 aromatic carbocycles. The quantitative estimate of drug-likeness (QED) is 0.564. The van der Waals surface area contributed by atoms with Gasteiger partial charge >= 0.3 is 0 Å². The summed E-state index contributed by atoms with van der Waals surface area (Å²) in [6.07, 6.45) is 3.32. The van der Waals surface area contributed by atoms with Crippen LogP contribution < -0.4 is 0 Å². The van der Waals surface area contributed by atoms with Crippen molar-refractivity contribution in [2.24, 2.45) is 11.3 Å². The molecule has 0 heterocycles. The molecule has 1 aliphatic rings. The predicted octanol–water partition coefficient (Wildman–Crippen LogP) is 3.26. The number of rotatable bonds is 0. The molecule has 0 aromatic heterocycles. The zero-order valence-electron chi connectivity index (χ0n) is 8.56. The van der Waals surface area contributed by atoms with Crippen LogP contribution in [0.5, 0.6) is 0 Å². The van der Waals surface area contributed by atoms with Gasteiger partial charge in [0.2, 0.25) is 0 Å². The summed E-state index contributed by atoms with van der Waals surface area (Å²) in [6, 6.07) is 0. The van der Waals surface area contributed by atoms with Gasteiger partial charge in [-0.3, -0.25) is 4.79 Å². The average Bonchev–Trinajstić information content (AvgIpc) is 2.14. The summed E-state index contributed by atoms with van der Waals surface area (Å²) in [6.45, 7) is 6.41. The lowest BCUT2D eigenvalue weighted by Crippen LogP contribution is -2.19. The van der Waals surface area contributed by atoms with E-state index in [1.54, 1.807) is 0 Å². The van der Waals surface area contributed by atoms with E-state index in [1.807, 2.05) is 0 Å². The van der Waals surface area contributed by atoms with E-state index in [0.29, 0.717) is 18.8 Å². The van der Waals surface area contributed by atoms with Gasteiger partial charge in [0.1, 0.15) is 0 Å². The van der Waals surface area contributed by atoms with E-state index in [2.05, 4.69) is 20.8 Å². The van der Waals surface area contributed by atoms with Crippen LogP contribution in [-0.4, -0.2) is 5.78 Å². The molecule has 13 heavy (non-hydrogen) atoms. The van der Waals surface area contributed by atoms with E-state index in [1.165, 1.54) is 6.08 Å². The van der Waals surface area contributed by atoms with Crippen molar-refractivity contribution in [1.29, 1.82) is 0 Å². The van der Waals surface area contributed by atoms with Crippen LogP contribution in [-0.2, 0) is 4.79 Å². The normalized spacial score (nSPS) is 25.4. The molecule has 0 spiro atoms. The van der Waals surface area contributed by atoms with Crippen LogP contribution in [0.1, 0.15) is 40.0 Å². The maximum Gasteiger partial charge on any atom is 0.190 e. The first-order chi connectivity index (χ1) is 5.91. The van der Waals surface area contributed by atoms with E-state index in [9.17, 15) is 9.18 Å². The van der Waals surface area contributed by atoms with E-state index in [-0.39, 0.29) is 11.2 Å². The Kier molecular flexibility index (Phi) is 2.89. The molecule has 1 atom stereocenters. The van der Waals surface area contributed by atoms with Crippen LogP contribution in [0.3, 0.4) is 0 Å². The highest BCUT2D eigenvalue weighted by Gasteiger charge is 2.27. The van der Waals surface area contributed by atoms with Crippen LogP contribution in [0, 0.1) is 11.3 Å². The number of ketones is 1. The maximum absolute atomic E-state index is 12.9. The minimum absolute atomic E-state index is 0.168. The second-order valence-corrected chi connectivity index (χ2v) is 4.81. The maximum atomic E-state index is 12.9. The summed E-state index contributed by atoms with van der Waals surface area (Å²) in [5, 5.41) is 0. The number of allylic oxidation sites excluding steroid dienone is 2. The van der Waals surface area contributed by atoms with E-state index in [4.69, 9.17) is 0 Å². The highest BCUT2D eigenvalue weighted by Crippen LogP contribution is 2.35. The first-order valence-corrected chi connectivity index (χ1v) is 4.80. The number of carbonyl (C=O) groups is 1. The fourth-order valence-electron chi connectivity index (χ4n) is 1.69. The summed E-state index contributed by atoms with van der Waals surface area (Å²) in [4.78, 5) is 11.0. The van der Waals surface area contributed by atoms with Crippen molar-refractivity contribution in [2.45, 2.75) is 40.0 Å². The lowest BCUT2D eigenvalue weighted by molar-refractivity contribution is -0.117. The van der Waals surface area contributed by atoms with Gasteiger partial charge in [-0.2, -0.15) is 0 Å². The second kappa shape index (κ2) is 3.60. The van der Waals surface area contributed by atoms with E-state index < -0.39 is 5.83 Å². The molecule has 0 N–H and O–H groups in total. The highest BCUT2D eigenvalue weighted by molar-refractivity contribution is 5.93. The molecule has 1 nitrogen and oxygen atoms in total. The van der Waals surface area contributed by atoms with Crippen LogP contribution >= 0.6 is 0 Å². The molecule has 1 unspecified atom stereocenters. The Bertz CT molecular complexity index is 235. The zero-order chi connectivity index (χ0) is 10.1. The number of hydrogen-bond acceptors (Lipinski definition) is 1. The molecule has 74 valence electrons. The van der Waals surface area contributed by atoms with Crippen LogP contribution in [0.25, 0.3) is 0 Å². The third-order valence-corrected chi connectivity index (χ3v) is 2.79. The van der Waals surface area contributed by atoms with Crippen molar-refractivity contribution in [3.63, 3.8) is 0 Å². The van der Waals surface area contributed by atoms with Gasteiger partial charge in [-0.1, -0.05) is 20.8 Å². The Balaban J connectivity index is 2.71. The Labute approximate surface area is 79.0 Å². The van der Waals surface area contributed by atoms with Crippen molar-refractivity contribution < 1.29 is 9.18 Å². The van der Waals surface area contributed by atoms with Gasteiger partial charge in [-0.05, 0) is 30.3 Å². The summed E-state index contributed by atoms with van der Waals surface area (Å²) < 4.78 is 12.9. The molecule has 0 saturated carbocycles. The second-order valence-electron chi connectivity index (χ2n) is 4.81. The lowest BCUT2D eigenvalue weighted by atomic mass is 9.77. The summed E-state index contributed by atoms with van der Waals surface area (Å²) in [7, 11) is 0. The number of carbonyl (C=O) groups excluding carboxylic acids is 1. The SMILES string of the molecule is CC(C)(C)C1CC=C(F)C(=O)CC1. The first kappa shape index (κ1) is 10.4. The molecule has 0 aliphatic heterocycles. The molecule has 0 saturated heterocycles. The van der Waals surface area contributed by atoms with Gasteiger partial charge in [0.15, 0.2) is 11.6 Å². The largest absolute Gasteiger partial charge is 0.292 e. The van der Waals surface area contributed by atoms with Gasteiger partial charge < -0.3 is 0 Å². The van der Waals surface area contributed by atoms with Crippen molar-refractivity contribution in [2.75, 3.05) is 0 Å². The van der Waals surface area contributed by atoms with Crippen molar-refractivity contribution in [1.82, 2.24) is 0 Å². The number of hydrogen-bond donors (Lipinski definition) is 0. The minimum atomic E-state index is -0.535. The first-order valence-electron chi connectivity index (χ1n) is 4.80. The summed E-state index contributed by atoms with van der Waals surface area (Å²) in [5.41, 5.74) is 0.168. The standard InChI is InChI=1S/C11H17FO/c1-11(2,3)8-4-6-9(12)10(13)7-5-8/h6,8H,4-5,7H2,1-3H3.